The van der Waals surface area contributed by atoms with Crippen LogP contribution in [-0.2, 0) is 0 Å². The first-order valence-corrected chi connectivity index (χ1v) is 4.05. The lowest BCUT2D eigenvalue weighted by atomic mass is 10.2. The van der Waals surface area contributed by atoms with Gasteiger partial charge >= 0.3 is 0 Å². The minimum atomic E-state index is -2.77. The van der Waals surface area contributed by atoms with E-state index >= 15 is 0 Å². The van der Waals surface area contributed by atoms with E-state index < -0.39 is 23.6 Å². The second-order valence-corrected chi connectivity index (χ2v) is 3.07. The number of rotatable bonds is 2. The zero-order valence-corrected chi connectivity index (χ0v) is 7.88. The van der Waals surface area contributed by atoms with Crippen LogP contribution in [0.1, 0.15) is 22.5 Å². The molecule has 0 saturated carbocycles. The summed E-state index contributed by atoms with van der Waals surface area (Å²) in [6.07, 6.45) is -1.54. The summed E-state index contributed by atoms with van der Waals surface area (Å²) in [7, 11) is 0. The van der Waals surface area contributed by atoms with Crippen LogP contribution in [0.25, 0.3) is 0 Å². The van der Waals surface area contributed by atoms with Crippen LogP contribution in [0.2, 0.25) is 0 Å². The molecule has 6 heteroatoms. The van der Waals surface area contributed by atoms with E-state index in [1.807, 2.05) is 0 Å². The van der Waals surface area contributed by atoms with Crippen LogP contribution in [-0.4, -0.2) is 10.9 Å². The Bertz CT molecular complexity index is 343. The van der Waals surface area contributed by atoms with Crippen molar-refractivity contribution in [1.29, 1.82) is 0 Å². The lowest BCUT2D eigenvalue weighted by Crippen LogP contribution is -2.16. The lowest BCUT2D eigenvalue weighted by Gasteiger charge is -2.05. The fraction of sp³-hybridized carbons (Fsp3) is 0.143. The van der Waals surface area contributed by atoms with E-state index in [1.54, 1.807) is 0 Å². The molecule has 1 rings (SSSR count). The van der Waals surface area contributed by atoms with E-state index in [0.717, 1.165) is 0 Å². The van der Waals surface area contributed by atoms with Crippen LogP contribution < -0.4 is 5.73 Å². The van der Waals surface area contributed by atoms with Crippen molar-refractivity contribution in [3.05, 3.63) is 28.0 Å². The van der Waals surface area contributed by atoms with Gasteiger partial charge in [0.2, 0.25) is 0 Å². The second-order valence-electron chi connectivity index (χ2n) is 2.22. The van der Waals surface area contributed by atoms with Gasteiger partial charge in [-0.2, -0.15) is 0 Å². The Morgan fingerprint density at radius 2 is 2.23 bits per heavy atom. The maximum Gasteiger partial charge on any atom is 0.267 e. The standard InChI is InChI=1S/C7H5BrF2N2O/c8-3-1-2-12-5(7(11)13)4(3)6(9)10/h1-2,6H,(H2,11,13). The minimum Gasteiger partial charge on any atom is -0.364 e. The van der Waals surface area contributed by atoms with Crippen LogP contribution in [0.5, 0.6) is 0 Å². The fourth-order valence-electron chi connectivity index (χ4n) is 0.854. The molecule has 13 heavy (non-hydrogen) atoms. The molecule has 0 fully saturated rings. The molecule has 3 nitrogen and oxygen atoms in total. The van der Waals surface area contributed by atoms with Crippen molar-refractivity contribution in [2.45, 2.75) is 6.43 Å². The van der Waals surface area contributed by atoms with Gasteiger partial charge in [-0.3, -0.25) is 9.78 Å². The smallest absolute Gasteiger partial charge is 0.267 e. The van der Waals surface area contributed by atoms with E-state index in [2.05, 4.69) is 20.9 Å². The van der Waals surface area contributed by atoms with E-state index in [4.69, 9.17) is 5.73 Å². The molecule has 0 radical (unpaired) electrons. The quantitative estimate of drug-likeness (QED) is 0.872. The number of carbonyl (C=O) groups is 1. The number of aromatic nitrogens is 1. The summed E-state index contributed by atoms with van der Waals surface area (Å²) in [5.74, 6) is -0.961. The first kappa shape index (κ1) is 10.0. The van der Waals surface area contributed by atoms with Gasteiger partial charge in [-0.05, 0) is 6.07 Å². The number of amides is 1. The molecule has 1 aromatic rings. The maximum atomic E-state index is 12.4. The molecule has 1 heterocycles. The third kappa shape index (κ3) is 2.00. The minimum absolute atomic E-state index is 0.131. The highest BCUT2D eigenvalue weighted by Gasteiger charge is 2.20. The van der Waals surface area contributed by atoms with Crippen LogP contribution >= 0.6 is 15.9 Å². The molecule has 70 valence electrons. The molecular formula is C7H5BrF2N2O. The Morgan fingerprint density at radius 3 is 2.62 bits per heavy atom. The van der Waals surface area contributed by atoms with Gasteiger partial charge in [0.05, 0.1) is 5.56 Å². The van der Waals surface area contributed by atoms with Gasteiger partial charge in [0.25, 0.3) is 12.3 Å². The molecule has 0 aliphatic heterocycles. The molecule has 0 atom stereocenters. The number of hydrogen-bond donors (Lipinski definition) is 1. The van der Waals surface area contributed by atoms with Crippen LogP contribution in [0.4, 0.5) is 8.78 Å². The predicted octanol–water partition coefficient (Wildman–Crippen LogP) is 1.88. The third-order valence-corrected chi connectivity index (χ3v) is 2.08. The first-order chi connectivity index (χ1) is 6.04. The topological polar surface area (TPSA) is 56.0 Å². The monoisotopic (exact) mass is 250 g/mol. The van der Waals surface area contributed by atoms with Crippen LogP contribution in [0.3, 0.4) is 0 Å². The molecule has 0 aliphatic rings. The number of pyridine rings is 1. The van der Waals surface area contributed by atoms with Gasteiger partial charge in [0.1, 0.15) is 5.69 Å². The largest absolute Gasteiger partial charge is 0.364 e. The first-order valence-electron chi connectivity index (χ1n) is 3.26. The van der Waals surface area contributed by atoms with Crippen LogP contribution in [0, 0.1) is 0 Å². The number of carbonyl (C=O) groups excluding carboxylic acids is 1. The highest BCUT2D eigenvalue weighted by molar-refractivity contribution is 9.10. The Morgan fingerprint density at radius 1 is 1.62 bits per heavy atom. The molecule has 0 saturated heterocycles. The van der Waals surface area contributed by atoms with Crippen molar-refractivity contribution in [3.8, 4) is 0 Å². The number of nitrogens with two attached hydrogens (primary N) is 1. The summed E-state index contributed by atoms with van der Waals surface area (Å²) in [4.78, 5) is 14.2. The Labute approximate surface area is 81.1 Å². The highest BCUT2D eigenvalue weighted by atomic mass is 79.9. The van der Waals surface area contributed by atoms with E-state index in [9.17, 15) is 13.6 Å². The summed E-state index contributed by atoms with van der Waals surface area (Å²) in [6.45, 7) is 0. The van der Waals surface area contributed by atoms with Crippen molar-refractivity contribution in [3.63, 3.8) is 0 Å². The van der Waals surface area contributed by atoms with Crippen molar-refractivity contribution in [1.82, 2.24) is 4.98 Å². The molecule has 0 spiro atoms. The van der Waals surface area contributed by atoms with Crippen molar-refractivity contribution in [2.24, 2.45) is 5.73 Å². The molecule has 0 aromatic carbocycles. The fourth-order valence-corrected chi connectivity index (χ4v) is 1.33. The number of primary amides is 1. The summed E-state index contributed by atoms with van der Waals surface area (Å²) in [5.41, 5.74) is 4.00. The summed E-state index contributed by atoms with van der Waals surface area (Å²) < 4.78 is 24.9. The number of alkyl halides is 2. The number of halogens is 3. The van der Waals surface area contributed by atoms with Gasteiger partial charge in [-0.15, -0.1) is 0 Å². The molecule has 0 aliphatic carbocycles. The zero-order chi connectivity index (χ0) is 10.0. The number of hydrogen-bond acceptors (Lipinski definition) is 2. The summed E-state index contributed by atoms with van der Waals surface area (Å²) in [5, 5.41) is 0. The van der Waals surface area contributed by atoms with Crippen molar-refractivity contribution < 1.29 is 13.6 Å². The zero-order valence-electron chi connectivity index (χ0n) is 6.30. The van der Waals surface area contributed by atoms with Gasteiger partial charge in [-0.1, -0.05) is 15.9 Å². The van der Waals surface area contributed by atoms with E-state index in [-0.39, 0.29) is 4.47 Å². The van der Waals surface area contributed by atoms with Gasteiger partial charge in [0.15, 0.2) is 0 Å². The highest BCUT2D eigenvalue weighted by Crippen LogP contribution is 2.28. The summed E-state index contributed by atoms with van der Waals surface area (Å²) in [6, 6.07) is 1.33. The van der Waals surface area contributed by atoms with Crippen molar-refractivity contribution in [2.75, 3.05) is 0 Å². The molecule has 0 unspecified atom stereocenters. The Hall–Kier alpha value is -1.04. The predicted molar refractivity (Wildman–Crippen MR) is 45.4 cm³/mol. The lowest BCUT2D eigenvalue weighted by molar-refractivity contribution is 0.0979. The van der Waals surface area contributed by atoms with Gasteiger partial charge < -0.3 is 5.73 Å². The Balaban J connectivity index is 3.34. The molecule has 1 amide bonds. The average Bonchev–Trinajstić information content (AvgIpc) is 2.02. The summed E-state index contributed by atoms with van der Waals surface area (Å²) >= 11 is 2.89. The molecule has 0 bridgehead atoms. The maximum absolute atomic E-state index is 12.4. The van der Waals surface area contributed by atoms with E-state index in [0.29, 0.717) is 0 Å². The SMILES string of the molecule is NC(=O)c1nccc(Br)c1C(F)F. The average molecular weight is 251 g/mol. The molecular weight excluding hydrogens is 246 g/mol. The Kier molecular flexibility index (Phi) is 2.92. The van der Waals surface area contributed by atoms with Crippen molar-refractivity contribution >= 4 is 21.8 Å². The van der Waals surface area contributed by atoms with E-state index in [1.165, 1.54) is 12.3 Å². The van der Waals surface area contributed by atoms with Crippen LogP contribution in [0.15, 0.2) is 16.7 Å². The van der Waals surface area contributed by atoms with Gasteiger partial charge in [0, 0.05) is 10.7 Å². The molecule has 1 aromatic heterocycles. The molecule has 2 N–H and O–H groups in total. The van der Waals surface area contributed by atoms with Gasteiger partial charge in [-0.25, -0.2) is 8.78 Å². The number of nitrogens with zero attached hydrogens (tertiary/aromatic N) is 1. The third-order valence-electron chi connectivity index (χ3n) is 1.39. The normalized spacial score (nSPS) is 10.5. The second kappa shape index (κ2) is 3.78.